The van der Waals surface area contributed by atoms with Gasteiger partial charge in [0.1, 0.15) is 18.1 Å². The number of para-hydroxylation sites is 1. The van der Waals surface area contributed by atoms with Crippen molar-refractivity contribution in [1.82, 2.24) is 16.0 Å². The molecule has 46 heavy (non-hydrogen) atoms. The van der Waals surface area contributed by atoms with Gasteiger partial charge in [-0.15, -0.1) is 0 Å². The van der Waals surface area contributed by atoms with Crippen LogP contribution < -0.4 is 20.7 Å². The minimum Gasteiger partial charge on any atom is -0.492 e. The molecule has 2 aromatic carbocycles. The van der Waals surface area contributed by atoms with Gasteiger partial charge in [-0.3, -0.25) is 14.4 Å². The lowest BCUT2D eigenvalue weighted by molar-refractivity contribution is -0.127. The van der Waals surface area contributed by atoms with Crippen LogP contribution in [0.1, 0.15) is 93.7 Å². The maximum Gasteiger partial charge on any atom is 0.225 e. The molecule has 0 aliphatic carbocycles. The van der Waals surface area contributed by atoms with Gasteiger partial charge in [0.2, 0.25) is 12.3 Å². The molecule has 0 radical (unpaired) electrons. The lowest BCUT2D eigenvalue weighted by Gasteiger charge is -2.21. The van der Waals surface area contributed by atoms with Crippen molar-refractivity contribution in [3.05, 3.63) is 71.8 Å². The van der Waals surface area contributed by atoms with Gasteiger partial charge in [0.05, 0.1) is 18.1 Å². The number of ketones is 1. The minimum atomic E-state index is -0.563. The summed E-state index contributed by atoms with van der Waals surface area (Å²) in [5, 5.41) is 17.4. The number of benzene rings is 2. The molecule has 4 unspecified atom stereocenters. The topological polar surface area (TPSA) is 117 Å². The third kappa shape index (κ3) is 23.8. The van der Waals surface area contributed by atoms with Gasteiger partial charge in [-0.25, -0.2) is 0 Å². The first-order valence-corrected chi connectivity index (χ1v) is 16.9. The van der Waals surface area contributed by atoms with E-state index in [0.29, 0.717) is 38.6 Å². The first-order valence-electron chi connectivity index (χ1n) is 16.9. The highest BCUT2D eigenvalue weighted by atomic mass is 16.5. The van der Waals surface area contributed by atoms with Crippen LogP contribution in [0.15, 0.2) is 60.7 Å². The Hall–Kier alpha value is -3.49. The maximum absolute atomic E-state index is 11.7. The fourth-order valence-electron chi connectivity index (χ4n) is 3.68. The van der Waals surface area contributed by atoms with E-state index >= 15 is 0 Å². The number of ether oxygens (including phenoxy) is 1. The Labute approximate surface area is 280 Å². The normalized spacial score (nSPS) is 12.3. The number of aryl methyl sites for hydroxylation is 1. The fraction of sp³-hybridized carbons (Fsp3) is 0.553. The number of hydrogen-bond donors (Lipinski definition) is 4. The summed E-state index contributed by atoms with van der Waals surface area (Å²) in [6.45, 7) is 23.3. The van der Waals surface area contributed by atoms with Crippen molar-refractivity contribution in [2.24, 2.45) is 11.8 Å². The second-order valence-electron chi connectivity index (χ2n) is 10.0. The van der Waals surface area contributed by atoms with E-state index in [-0.39, 0.29) is 23.7 Å². The lowest BCUT2D eigenvalue weighted by Crippen LogP contribution is -2.42. The summed E-state index contributed by atoms with van der Waals surface area (Å²) < 4.78 is 5.82. The Morgan fingerprint density at radius 2 is 1.50 bits per heavy atom. The summed E-state index contributed by atoms with van der Waals surface area (Å²) >= 11 is 0. The zero-order valence-corrected chi connectivity index (χ0v) is 30.6. The van der Waals surface area contributed by atoms with Crippen LogP contribution in [0.25, 0.3) is 6.08 Å². The largest absolute Gasteiger partial charge is 0.492 e. The molecular weight excluding hydrogens is 578 g/mol. The van der Waals surface area contributed by atoms with Crippen molar-refractivity contribution in [3.63, 3.8) is 0 Å². The number of amides is 2. The Bertz CT molecular complexity index is 1030. The number of aliphatic hydroxyl groups is 1. The Morgan fingerprint density at radius 1 is 0.913 bits per heavy atom. The number of aliphatic hydroxyl groups excluding tert-OH is 1. The van der Waals surface area contributed by atoms with E-state index in [9.17, 15) is 14.4 Å². The van der Waals surface area contributed by atoms with Gasteiger partial charge in [0.15, 0.2) is 0 Å². The Morgan fingerprint density at radius 3 is 1.98 bits per heavy atom. The SMILES string of the molecule is CC.CC.CCC(C)C(NCCOc1ccccc1/C=C/CNC=O)C(C)=O.CCNC(=O)C(C)C(C)O.CCc1ccccc1. The third-order valence-corrected chi connectivity index (χ3v) is 6.65. The number of hydrogen-bond acceptors (Lipinski definition) is 6. The van der Waals surface area contributed by atoms with Crippen LogP contribution in [0, 0.1) is 11.8 Å². The summed E-state index contributed by atoms with van der Waals surface area (Å²) in [6.07, 6.45) is 5.98. The summed E-state index contributed by atoms with van der Waals surface area (Å²) in [4.78, 5) is 32.8. The third-order valence-electron chi connectivity index (χ3n) is 6.65. The molecular formula is C38H65N3O5. The van der Waals surface area contributed by atoms with Crippen LogP contribution in [-0.4, -0.2) is 61.6 Å². The van der Waals surface area contributed by atoms with Crippen molar-refractivity contribution >= 4 is 24.2 Å². The van der Waals surface area contributed by atoms with E-state index in [4.69, 9.17) is 9.84 Å². The van der Waals surface area contributed by atoms with Crippen LogP contribution in [0.5, 0.6) is 5.75 Å². The lowest BCUT2D eigenvalue weighted by atomic mass is 9.96. The minimum absolute atomic E-state index is 0.0856. The number of nitrogens with one attached hydrogen (secondary N) is 3. The average Bonchev–Trinajstić information content (AvgIpc) is 3.09. The number of carbonyl (C=O) groups is 3. The molecule has 262 valence electrons. The molecule has 0 aliphatic rings. The van der Waals surface area contributed by atoms with Crippen molar-refractivity contribution in [1.29, 1.82) is 0 Å². The van der Waals surface area contributed by atoms with Crippen LogP contribution in [0.2, 0.25) is 0 Å². The highest BCUT2D eigenvalue weighted by Crippen LogP contribution is 2.19. The highest BCUT2D eigenvalue weighted by Gasteiger charge is 2.19. The molecule has 0 saturated carbocycles. The zero-order valence-electron chi connectivity index (χ0n) is 30.6. The molecule has 2 amide bonds. The fourth-order valence-corrected chi connectivity index (χ4v) is 3.68. The molecule has 0 heterocycles. The molecule has 0 aromatic heterocycles. The van der Waals surface area contributed by atoms with Crippen molar-refractivity contribution in [2.75, 3.05) is 26.2 Å². The van der Waals surface area contributed by atoms with E-state index in [1.165, 1.54) is 5.56 Å². The monoisotopic (exact) mass is 643 g/mol. The number of Topliss-reactive ketones (excluding diaryl/α,β-unsaturated/α-hetero) is 1. The molecule has 4 atom stereocenters. The molecule has 0 spiro atoms. The molecule has 0 aliphatic heterocycles. The standard InChI is InChI=1S/C19H28N2O3.C8H10.C7H15NO2.2C2H6/c1-4-15(2)19(16(3)23)21-12-13-24-18-10-6-5-8-17(18)9-7-11-20-14-22;1-2-8-6-4-3-5-7-8;1-4-8-7(10)5(2)6(3)9;2*1-2/h5-10,14-15,19,21H,4,11-13H2,1-3H3,(H,20,22);3-7H,2H2,1H3;5-6,9H,4H2,1-3H3,(H,8,10);2*1-2H3/b9-7+;;;;. The van der Waals surface area contributed by atoms with Crippen LogP contribution in [0.4, 0.5) is 0 Å². The molecule has 8 heteroatoms. The molecule has 0 saturated heterocycles. The van der Waals surface area contributed by atoms with E-state index < -0.39 is 6.10 Å². The molecule has 0 fully saturated rings. The number of rotatable bonds is 16. The quantitative estimate of drug-likeness (QED) is 0.117. The number of carbonyl (C=O) groups excluding carboxylic acids is 3. The molecule has 0 bridgehead atoms. The predicted molar refractivity (Wildman–Crippen MR) is 195 cm³/mol. The smallest absolute Gasteiger partial charge is 0.225 e. The molecule has 2 aromatic rings. The average molecular weight is 644 g/mol. The summed E-state index contributed by atoms with van der Waals surface area (Å²) in [5.74, 6) is 0.861. The second kappa shape index (κ2) is 32.9. The molecule has 8 nitrogen and oxygen atoms in total. The van der Waals surface area contributed by atoms with Gasteiger partial charge in [-0.05, 0) is 44.7 Å². The van der Waals surface area contributed by atoms with Gasteiger partial charge in [0, 0.05) is 25.2 Å². The van der Waals surface area contributed by atoms with Crippen LogP contribution in [-0.2, 0) is 20.8 Å². The van der Waals surface area contributed by atoms with Gasteiger partial charge in [-0.1, -0.05) is 122 Å². The first-order chi connectivity index (χ1) is 22.1. The summed E-state index contributed by atoms with van der Waals surface area (Å²) in [7, 11) is 0. The van der Waals surface area contributed by atoms with Crippen molar-refractivity contribution in [2.45, 2.75) is 101 Å². The Kier molecular flexibility index (Phi) is 33.5. The maximum atomic E-state index is 11.7. The highest BCUT2D eigenvalue weighted by molar-refractivity contribution is 5.81. The summed E-state index contributed by atoms with van der Waals surface area (Å²) in [6, 6.07) is 18.1. The van der Waals surface area contributed by atoms with E-state index in [1.54, 1.807) is 20.8 Å². The van der Waals surface area contributed by atoms with Crippen molar-refractivity contribution < 1.29 is 24.2 Å². The van der Waals surface area contributed by atoms with Gasteiger partial charge < -0.3 is 25.8 Å². The first kappa shape index (κ1) is 46.9. The zero-order chi connectivity index (χ0) is 35.8. The Balaban J connectivity index is -0.000000687. The molecule has 2 rings (SSSR count). The van der Waals surface area contributed by atoms with E-state index in [0.717, 1.165) is 24.2 Å². The van der Waals surface area contributed by atoms with Gasteiger partial charge >= 0.3 is 0 Å². The van der Waals surface area contributed by atoms with E-state index in [1.807, 2.05) is 77.1 Å². The van der Waals surface area contributed by atoms with Crippen LogP contribution in [0.3, 0.4) is 0 Å². The van der Waals surface area contributed by atoms with Crippen LogP contribution >= 0.6 is 0 Å². The molecule has 4 N–H and O–H groups in total. The predicted octanol–water partition coefficient (Wildman–Crippen LogP) is 6.86. The summed E-state index contributed by atoms with van der Waals surface area (Å²) in [5.41, 5.74) is 2.36. The van der Waals surface area contributed by atoms with Crippen molar-refractivity contribution in [3.8, 4) is 5.75 Å². The van der Waals surface area contributed by atoms with Gasteiger partial charge in [-0.2, -0.15) is 0 Å². The van der Waals surface area contributed by atoms with Gasteiger partial charge in [0.25, 0.3) is 0 Å². The second-order valence-corrected chi connectivity index (χ2v) is 10.0. The van der Waals surface area contributed by atoms with E-state index in [2.05, 4.69) is 61.0 Å².